The van der Waals surface area contributed by atoms with E-state index in [4.69, 9.17) is 9.94 Å². The van der Waals surface area contributed by atoms with Gasteiger partial charge in [-0.2, -0.15) is 13.2 Å². The van der Waals surface area contributed by atoms with Gasteiger partial charge < -0.3 is 10.0 Å². The molecule has 1 saturated heterocycles. The van der Waals surface area contributed by atoms with Gasteiger partial charge in [0.2, 0.25) is 0 Å². The lowest BCUT2D eigenvalue weighted by molar-refractivity contribution is -0.170. The second kappa shape index (κ2) is 8.35. The lowest BCUT2D eigenvalue weighted by atomic mass is 9.95. The summed E-state index contributed by atoms with van der Waals surface area (Å²) in [5.41, 5.74) is 0.744. The van der Waals surface area contributed by atoms with Crippen LogP contribution in [0, 0.1) is 0 Å². The van der Waals surface area contributed by atoms with Crippen molar-refractivity contribution in [3.63, 3.8) is 0 Å². The van der Waals surface area contributed by atoms with Crippen LogP contribution < -0.4 is 4.90 Å². The number of benzene rings is 2. The van der Waals surface area contributed by atoms with E-state index in [1.54, 1.807) is 12.1 Å². The van der Waals surface area contributed by atoms with Gasteiger partial charge in [0.1, 0.15) is 6.04 Å². The quantitative estimate of drug-likeness (QED) is 0.743. The number of anilines is 1. The monoisotopic (exact) mass is 422 g/mol. The van der Waals surface area contributed by atoms with E-state index < -0.39 is 23.8 Å². The van der Waals surface area contributed by atoms with Gasteiger partial charge in [-0.15, -0.1) is 0 Å². The molecule has 9 heteroatoms. The summed E-state index contributed by atoms with van der Waals surface area (Å²) in [4.78, 5) is 30.7. The highest BCUT2D eigenvalue weighted by atomic mass is 19.4. The van der Waals surface area contributed by atoms with Gasteiger partial charge in [-0.1, -0.05) is 12.1 Å². The maximum atomic E-state index is 12.9. The third-order valence-electron chi connectivity index (χ3n) is 5.33. The van der Waals surface area contributed by atoms with Crippen molar-refractivity contribution in [2.24, 2.45) is 0 Å². The third kappa shape index (κ3) is 4.40. The Labute approximate surface area is 171 Å². The number of carbonyl (C=O) groups excluding carboxylic acids is 1. The van der Waals surface area contributed by atoms with Gasteiger partial charge in [0, 0.05) is 25.2 Å². The Hall–Kier alpha value is -3.07. The average Bonchev–Trinajstić information content (AvgIpc) is 3.17. The zero-order valence-corrected chi connectivity index (χ0v) is 16.4. The molecule has 1 unspecified atom stereocenters. The summed E-state index contributed by atoms with van der Waals surface area (Å²) in [7, 11) is 2.85. The molecule has 1 amide bonds. The number of carboxylic acid groups (broad SMARTS) is 1. The minimum atomic E-state index is -4.41. The van der Waals surface area contributed by atoms with E-state index >= 15 is 0 Å². The van der Waals surface area contributed by atoms with Crippen LogP contribution in [0.25, 0.3) is 0 Å². The standard InChI is InChI=1S/C21H21F3N2O4/c1-25(30-2)19(27)18-11-15(13-3-7-16(8-4-13)21(22,23)24)12-26(18)17-9-5-14(6-10-17)20(28)29/h3-10,15,18H,11-12H2,1-2H3,(H,28,29)/t15?,18-/m0/s1. The van der Waals surface area contributed by atoms with Gasteiger partial charge in [-0.3, -0.25) is 9.63 Å². The highest BCUT2D eigenvalue weighted by Gasteiger charge is 2.39. The predicted molar refractivity (Wildman–Crippen MR) is 103 cm³/mol. The number of alkyl halides is 3. The molecule has 0 spiro atoms. The second-order valence-corrected chi connectivity index (χ2v) is 7.09. The van der Waals surface area contributed by atoms with Crippen LogP contribution in [0.4, 0.5) is 18.9 Å². The molecule has 1 aliphatic heterocycles. The van der Waals surface area contributed by atoms with Gasteiger partial charge in [-0.25, -0.2) is 9.86 Å². The number of nitrogens with zero attached hydrogens (tertiary/aromatic N) is 2. The van der Waals surface area contributed by atoms with Crippen LogP contribution in [-0.4, -0.2) is 48.8 Å². The van der Waals surface area contributed by atoms with Crippen LogP contribution in [0.3, 0.4) is 0 Å². The molecule has 0 aromatic heterocycles. The van der Waals surface area contributed by atoms with E-state index in [9.17, 15) is 22.8 Å². The molecule has 0 bridgehead atoms. The fourth-order valence-electron chi connectivity index (χ4n) is 3.64. The van der Waals surface area contributed by atoms with Crippen molar-refractivity contribution in [3.05, 3.63) is 65.2 Å². The zero-order valence-electron chi connectivity index (χ0n) is 16.4. The van der Waals surface area contributed by atoms with E-state index in [-0.39, 0.29) is 17.4 Å². The summed E-state index contributed by atoms with van der Waals surface area (Å²) < 4.78 is 38.6. The molecule has 160 valence electrons. The number of hydrogen-bond acceptors (Lipinski definition) is 4. The number of likely N-dealkylation sites (N-methyl/N-ethyl adjacent to an activating group) is 1. The summed E-state index contributed by atoms with van der Waals surface area (Å²) in [6.07, 6.45) is -4.02. The number of hydrogen-bond donors (Lipinski definition) is 1. The predicted octanol–water partition coefficient (Wildman–Crippen LogP) is 3.79. The Morgan fingerprint density at radius 3 is 2.20 bits per heavy atom. The zero-order chi connectivity index (χ0) is 22.1. The van der Waals surface area contributed by atoms with Crippen molar-refractivity contribution in [1.29, 1.82) is 0 Å². The van der Waals surface area contributed by atoms with Crippen molar-refractivity contribution in [3.8, 4) is 0 Å². The Morgan fingerprint density at radius 2 is 1.70 bits per heavy atom. The molecule has 1 N–H and O–H groups in total. The van der Waals surface area contributed by atoms with E-state index in [1.165, 1.54) is 38.4 Å². The first kappa shape index (κ1) is 21.6. The fourth-order valence-corrected chi connectivity index (χ4v) is 3.64. The molecule has 0 saturated carbocycles. The minimum Gasteiger partial charge on any atom is -0.478 e. The summed E-state index contributed by atoms with van der Waals surface area (Å²) in [5.74, 6) is -1.53. The van der Waals surface area contributed by atoms with Gasteiger partial charge in [0.25, 0.3) is 5.91 Å². The summed E-state index contributed by atoms with van der Waals surface area (Å²) >= 11 is 0. The first-order valence-electron chi connectivity index (χ1n) is 9.20. The van der Waals surface area contributed by atoms with Crippen molar-refractivity contribution in [2.45, 2.75) is 24.6 Å². The molecule has 0 aliphatic carbocycles. The van der Waals surface area contributed by atoms with Gasteiger partial charge >= 0.3 is 12.1 Å². The molecule has 30 heavy (non-hydrogen) atoms. The van der Waals surface area contributed by atoms with Crippen LogP contribution in [-0.2, 0) is 15.8 Å². The van der Waals surface area contributed by atoms with Crippen molar-refractivity contribution in [1.82, 2.24) is 5.06 Å². The number of amides is 1. The Kier molecular flexibility index (Phi) is 6.02. The van der Waals surface area contributed by atoms with Crippen molar-refractivity contribution < 1.29 is 32.7 Å². The molecule has 2 atom stereocenters. The molecule has 2 aromatic carbocycles. The van der Waals surface area contributed by atoms with Crippen LogP contribution >= 0.6 is 0 Å². The largest absolute Gasteiger partial charge is 0.478 e. The molecule has 2 aromatic rings. The maximum absolute atomic E-state index is 12.9. The molecule has 6 nitrogen and oxygen atoms in total. The van der Waals surface area contributed by atoms with E-state index in [0.717, 1.165) is 17.2 Å². The molecule has 3 rings (SSSR count). The highest BCUT2D eigenvalue weighted by molar-refractivity contribution is 5.89. The number of halogens is 3. The Balaban J connectivity index is 1.90. The molecular weight excluding hydrogens is 401 g/mol. The topological polar surface area (TPSA) is 70.1 Å². The Morgan fingerprint density at radius 1 is 1.10 bits per heavy atom. The number of hydroxylamine groups is 2. The summed E-state index contributed by atoms with van der Waals surface area (Å²) in [5, 5.41) is 10.2. The molecular formula is C21H21F3N2O4. The van der Waals surface area contributed by atoms with Crippen molar-refractivity contribution in [2.75, 3.05) is 25.6 Å². The van der Waals surface area contributed by atoms with Gasteiger partial charge in [0.05, 0.1) is 18.2 Å². The number of aromatic carboxylic acids is 1. The second-order valence-electron chi connectivity index (χ2n) is 7.09. The van der Waals surface area contributed by atoms with E-state index in [2.05, 4.69) is 0 Å². The Bertz CT molecular complexity index is 913. The summed E-state index contributed by atoms with van der Waals surface area (Å²) in [6, 6.07) is 10.5. The first-order chi connectivity index (χ1) is 14.1. The van der Waals surface area contributed by atoms with Gasteiger partial charge in [0.15, 0.2) is 0 Å². The molecule has 1 aliphatic rings. The highest BCUT2D eigenvalue weighted by Crippen LogP contribution is 2.37. The normalized spacial score (nSPS) is 19.0. The van der Waals surface area contributed by atoms with Crippen molar-refractivity contribution >= 4 is 17.6 Å². The van der Waals surface area contributed by atoms with Crippen LogP contribution in [0.15, 0.2) is 48.5 Å². The number of carboxylic acids is 1. The van der Waals surface area contributed by atoms with Crippen LogP contribution in [0.2, 0.25) is 0 Å². The third-order valence-corrected chi connectivity index (χ3v) is 5.33. The first-order valence-corrected chi connectivity index (χ1v) is 9.20. The lowest BCUT2D eigenvalue weighted by Gasteiger charge is -2.28. The van der Waals surface area contributed by atoms with E-state index in [0.29, 0.717) is 24.2 Å². The van der Waals surface area contributed by atoms with Crippen LogP contribution in [0.5, 0.6) is 0 Å². The van der Waals surface area contributed by atoms with Crippen LogP contribution in [0.1, 0.15) is 33.8 Å². The van der Waals surface area contributed by atoms with E-state index in [1.807, 2.05) is 4.90 Å². The maximum Gasteiger partial charge on any atom is 0.416 e. The molecule has 1 fully saturated rings. The minimum absolute atomic E-state index is 0.120. The lowest BCUT2D eigenvalue weighted by Crippen LogP contribution is -2.43. The fraction of sp³-hybridized carbons (Fsp3) is 0.333. The summed E-state index contributed by atoms with van der Waals surface area (Å²) in [6.45, 7) is 0.395. The molecule has 0 radical (unpaired) electrons. The molecule has 1 heterocycles. The average molecular weight is 422 g/mol. The SMILES string of the molecule is CON(C)C(=O)[C@@H]1CC(c2ccc(C(F)(F)F)cc2)CN1c1ccc(C(=O)O)cc1. The smallest absolute Gasteiger partial charge is 0.416 e. The number of carbonyl (C=O) groups is 2. The van der Waals surface area contributed by atoms with Gasteiger partial charge in [-0.05, 0) is 48.4 Å². The number of rotatable bonds is 5.